The molecular formula is C13H12FN3. The Morgan fingerprint density at radius 2 is 1.65 bits per heavy atom. The van der Waals surface area contributed by atoms with E-state index in [9.17, 15) is 0 Å². The quantitative estimate of drug-likeness (QED) is 0.630. The van der Waals surface area contributed by atoms with Gasteiger partial charge in [0.1, 0.15) is 5.82 Å². The first-order valence-electron chi connectivity index (χ1n) is 5.13. The number of fused-ring (bicyclic) bond motifs is 1. The van der Waals surface area contributed by atoms with Crippen molar-refractivity contribution in [2.45, 2.75) is 0 Å². The smallest absolute Gasteiger partial charge is 0.138 e. The van der Waals surface area contributed by atoms with Crippen LogP contribution >= 0.6 is 0 Å². The fourth-order valence-electron chi connectivity index (χ4n) is 1.73. The molecular weight excluding hydrogens is 217 g/mol. The zero-order valence-electron chi connectivity index (χ0n) is 9.05. The lowest BCUT2D eigenvalue weighted by Crippen LogP contribution is -1.84. The Hall–Kier alpha value is -2.36. The minimum Gasteiger partial charge on any atom is -0.399 e. The van der Waals surface area contributed by atoms with E-state index >= 15 is 0 Å². The summed E-state index contributed by atoms with van der Waals surface area (Å²) >= 11 is 0. The highest BCUT2D eigenvalue weighted by Gasteiger charge is 2.03. The van der Waals surface area contributed by atoms with E-state index in [2.05, 4.69) is 9.97 Å². The molecule has 0 atom stereocenters. The van der Waals surface area contributed by atoms with Crippen LogP contribution in [0.5, 0.6) is 0 Å². The molecule has 0 bridgehead atoms. The molecule has 0 aliphatic rings. The number of nitrogens with two attached hydrogens (primary N) is 1. The molecule has 2 aromatic carbocycles. The van der Waals surface area contributed by atoms with Crippen LogP contribution in [0.15, 0.2) is 48.5 Å². The largest absolute Gasteiger partial charge is 0.399 e. The minimum absolute atomic E-state index is 0. The maximum Gasteiger partial charge on any atom is 0.138 e. The Morgan fingerprint density at radius 1 is 0.941 bits per heavy atom. The number of nitrogens with one attached hydrogen (secondary N) is 1. The number of benzene rings is 2. The predicted molar refractivity (Wildman–Crippen MR) is 68.4 cm³/mol. The molecule has 0 unspecified atom stereocenters. The summed E-state index contributed by atoms with van der Waals surface area (Å²) in [4.78, 5) is 7.80. The van der Waals surface area contributed by atoms with Crippen LogP contribution < -0.4 is 5.73 Å². The normalized spacial score (nSPS) is 10.1. The number of aromatic nitrogens is 2. The highest BCUT2D eigenvalue weighted by atomic mass is 19.0. The summed E-state index contributed by atoms with van der Waals surface area (Å²) < 4.78 is 0. The number of para-hydroxylation sites is 2. The van der Waals surface area contributed by atoms with Crippen LogP contribution in [0.3, 0.4) is 0 Å². The average Bonchev–Trinajstić information content (AvgIpc) is 2.73. The van der Waals surface area contributed by atoms with Gasteiger partial charge in [0.2, 0.25) is 0 Å². The van der Waals surface area contributed by atoms with Crippen LogP contribution in [-0.2, 0) is 0 Å². The third kappa shape index (κ3) is 1.97. The van der Waals surface area contributed by atoms with E-state index < -0.39 is 0 Å². The molecule has 86 valence electrons. The number of nitrogen functional groups attached to an aromatic ring is 1. The lowest BCUT2D eigenvalue weighted by molar-refractivity contribution is 1.11. The van der Waals surface area contributed by atoms with Gasteiger partial charge in [0.15, 0.2) is 0 Å². The van der Waals surface area contributed by atoms with Gasteiger partial charge in [-0.05, 0) is 36.4 Å². The predicted octanol–water partition coefficient (Wildman–Crippen LogP) is 2.96. The Bertz CT molecular complexity index is 595. The number of hydrogen-bond donors (Lipinski definition) is 2. The van der Waals surface area contributed by atoms with Gasteiger partial charge in [-0.3, -0.25) is 4.70 Å². The van der Waals surface area contributed by atoms with Gasteiger partial charge >= 0.3 is 0 Å². The summed E-state index contributed by atoms with van der Waals surface area (Å²) in [7, 11) is 0. The first-order chi connectivity index (χ1) is 7.83. The molecule has 3 rings (SSSR count). The first-order valence-corrected chi connectivity index (χ1v) is 5.13. The number of halogens is 1. The van der Waals surface area contributed by atoms with Crippen molar-refractivity contribution in [1.29, 1.82) is 0 Å². The number of rotatable bonds is 1. The zero-order valence-corrected chi connectivity index (χ0v) is 9.05. The number of hydrogen-bond acceptors (Lipinski definition) is 2. The average molecular weight is 229 g/mol. The van der Waals surface area contributed by atoms with Gasteiger partial charge in [-0.2, -0.15) is 0 Å². The van der Waals surface area contributed by atoms with E-state index in [1.165, 1.54) is 0 Å². The standard InChI is InChI=1S/C13H11N3.FH/c14-10-7-5-9(6-8-10)13-15-11-3-1-2-4-12(11)16-13;/h1-8H,14H2,(H,15,16);1H. The number of H-pyrrole nitrogens is 1. The van der Waals surface area contributed by atoms with Crippen molar-refractivity contribution in [3.05, 3.63) is 48.5 Å². The molecule has 0 aliphatic carbocycles. The summed E-state index contributed by atoms with van der Waals surface area (Å²) in [5.74, 6) is 0.876. The van der Waals surface area contributed by atoms with Crippen molar-refractivity contribution in [2.24, 2.45) is 0 Å². The van der Waals surface area contributed by atoms with Crippen LogP contribution in [0.2, 0.25) is 0 Å². The topological polar surface area (TPSA) is 54.7 Å². The molecule has 17 heavy (non-hydrogen) atoms. The fraction of sp³-hybridized carbons (Fsp3) is 0. The summed E-state index contributed by atoms with van der Waals surface area (Å²) in [5, 5.41) is 0. The second kappa shape index (κ2) is 4.25. The van der Waals surface area contributed by atoms with Crippen LogP contribution in [0.1, 0.15) is 0 Å². The van der Waals surface area contributed by atoms with Gasteiger partial charge < -0.3 is 10.7 Å². The number of anilines is 1. The third-order valence-corrected chi connectivity index (χ3v) is 2.57. The molecule has 0 fully saturated rings. The SMILES string of the molecule is F.Nc1ccc(-c2nc3ccccc3[nH]2)cc1. The molecule has 3 N–H and O–H groups in total. The summed E-state index contributed by atoms with van der Waals surface area (Å²) in [6.45, 7) is 0. The van der Waals surface area contributed by atoms with Crippen LogP contribution in [0, 0.1) is 0 Å². The molecule has 0 radical (unpaired) electrons. The van der Waals surface area contributed by atoms with Crippen LogP contribution in [0.25, 0.3) is 22.4 Å². The second-order valence-corrected chi connectivity index (χ2v) is 3.72. The van der Waals surface area contributed by atoms with Crippen molar-refractivity contribution in [3.8, 4) is 11.4 Å². The molecule has 0 amide bonds. The van der Waals surface area contributed by atoms with Crippen molar-refractivity contribution >= 4 is 16.7 Å². The summed E-state index contributed by atoms with van der Waals surface area (Å²) in [6, 6.07) is 15.7. The van der Waals surface area contributed by atoms with Crippen molar-refractivity contribution in [1.82, 2.24) is 9.97 Å². The highest BCUT2D eigenvalue weighted by molar-refractivity contribution is 5.79. The molecule has 3 aromatic rings. The van der Waals surface area contributed by atoms with Crippen molar-refractivity contribution in [2.75, 3.05) is 5.73 Å². The Balaban J connectivity index is 0.00000108. The van der Waals surface area contributed by atoms with E-state index in [4.69, 9.17) is 5.73 Å². The van der Waals surface area contributed by atoms with Crippen LogP contribution in [-0.4, -0.2) is 9.97 Å². The third-order valence-electron chi connectivity index (χ3n) is 2.57. The molecule has 0 aliphatic heterocycles. The molecule has 4 heteroatoms. The van der Waals surface area contributed by atoms with E-state index in [0.29, 0.717) is 0 Å². The number of aromatic amines is 1. The Morgan fingerprint density at radius 3 is 2.35 bits per heavy atom. The van der Waals surface area contributed by atoms with Gasteiger partial charge in [0.25, 0.3) is 0 Å². The van der Waals surface area contributed by atoms with E-state index in [1.807, 2.05) is 48.5 Å². The monoisotopic (exact) mass is 229 g/mol. The molecule has 0 saturated heterocycles. The van der Waals surface area contributed by atoms with Gasteiger partial charge in [0.05, 0.1) is 11.0 Å². The minimum atomic E-state index is 0. The van der Waals surface area contributed by atoms with Gasteiger partial charge in [-0.1, -0.05) is 12.1 Å². The number of nitrogens with zero attached hydrogens (tertiary/aromatic N) is 1. The van der Waals surface area contributed by atoms with E-state index in [-0.39, 0.29) is 4.70 Å². The van der Waals surface area contributed by atoms with Crippen molar-refractivity contribution in [3.63, 3.8) is 0 Å². The van der Waals surface area contributed by atoms with Gasteiger partial charge in [-0.15, -0.1) is 0 Å². The lowest BCUT2D eigenvalue weighted by atomic mass is 10.2. The van der Waals surface area contributed by atoms with E-state index in [0.717, 1.165) is 28.1 Å². The van der Waals surface area contributed by atoms with Crippen molar-refractivity contribution < 1.29 is 4.70 Å². The molecule has 3 nitrogen and oxygen atoms in total. The van der Waals surface area contributed by atoms with E-state index in [1.54, 1.807) is 0 Å². The highest BCUT2D eigenvalue weighted by Crippen LogP contribution is 2.20. The number of imidazole rings is 1. The second-order valence-electron chi connectivity index (χ2n) is 3.72. The Kier molecular flexibility index (Phi) is 2.78. The Labute approximate surface area is 97.7 Å². The molecule has 0 saturated carbocycles. The summed E-state index contributed by atoms with van der Waals surface area (Å²) in [6.07, 6.45) is 0. The van der Waals surface area contributed by atoms with Crippen LogP contribution in [0.4, 0.5) is 10.4 Å². The maximum absolute atomic E-state index is 5.65. The zero-order chi connectivity index (χ0) is 11.0. The first kappa shape index (κ1) is 11.1. The maximum atomic E-state index is 5.65. The molecule has 0 spiro atoms. The van der Waals surface area contributed by atoms with Gasteiger partial charge in [-0.25, -0.2) is 4.98 Å². The fourth-order valence-corrected chi connectivity index (χ4v) is 1.73. The van der Waals surface area contributed by atoms with Gasteiger partial charge in [0, 0.05) is 11.3 Å². The lowest BCUT2D eigenvalue weighted by Gasteiger charge is -1.96. The summed E-state index contributed by atoms with van der Waals surface area (Å²) in [5.41, 5.74) is 9.49. The molecule has 1 heterocycles. The molecule has 1 aromatic heterocycles.